The highest BCUT2D eigenvalue weighted by Crippen LogP contribution is 2.23. The summed E-state index contributed by atoms with van der Waals surface area (Å²) in [6, 6.07) is 3.11. The van der Waals surface area contributed by atoms with E-state index in [1.807, 2.05) is 0 Å². The van der Waals surface area contributed by atoms with Gasteiger partial charge in [-0.25, -0.2) is 13.2 Å². The van der Waals surface area contributed by atoms with Crippen molar-refractivity contribution in [1.29, 1.82) is 0 Å². The normalized spacial score (nSPS) is 12.9. The standard InChI is InChI=1S/C10H12F3NO/c1-15-9-3-2-6(4-7(9)11)8(14)5-10(12)13/h2-4,8,10H,5,14H2,1H3/t8-/m0/s1. The van der Waals surface area contributed by atoms with Gasteiger partial charge in [0, 0.05) is 12.5 Å². The van der Waals surface area contributed by atoms with Crippen LogP contribution in [0.4, 0.5) is 13.2 Å². The van der Waals surface area contributed by atoms with Crippen LogP contribution in [0, 0.1) is 5.82 Å². The minimum absolute atomic E-state index is 0.0722. The first-order valence-corrected chi connectivity index (χ1v) is 4.41. The fraction of sp³-hybridized carbons (Fsp3) is 0.400. The molecule has 0 aliphatic rings. The highest BCUT2D eigenvalue weighted by atomic mass is 19.3. The van der Waals surface area contributed by atoms with Gasteiger partial charge in [0.15, 0.2) is 11.6 Å². The summed E-state index contributed by atoms with van der Waals surface area (Å²) in [5.41, 5.74) is 5.81. The average molecular weight is 219 g/mol. The van der Waals surface area contributed by atoms with E-state index in [-0.39, 0.29) is 5.75 Å². The lowest BCUT2D eigenvalue weighted by Crippen LogP contribution is -2.14. The highest BCUT2D eigenvalue weighted by Gasteiger charge is 2.14. The first-order valence-electron chi connectivity index (χ1n) is 4.41. The quantitative estimate of drug-likeness (QED) is 0.844. The molecule has 0 amide bonds. The van der Waals surface area contributed by atoms with E-state index in [1.165, 1.54) is 19.2 Å². The summed E-state index contributed by atoms with van der Waals surface area (Å²) in [5, 5.41) is 0. The van der Waals surface area contributed by atoms with Crippen LogP contribution in [0.2, 0.25) is 0 Å². The molecule has 0 heterocycles. The zero-order valence-electron chi connectivity index (χ0n) is 8.21. The Morgan fingerprint density at radius 3 is 2.53 bits per heavy atom. The minimum Gasteiger partial charge on any atom is -0.494 e. The van der Waals surface area contributed by atoms with E-state index in [0.29, 0.717) is 5.56 Å². The average Bonchev–Trinajstić information content (AvgIpc) is 2.16. The molecule has 0 radical (unpaired) electrons. The Morgan fingerprint density at radius 1 is 1.40 bits per heavy atom. The molecule has 2 N–H and O–H groups in total. The van der Waals surface area contributed by atoms with Crippen LogP contribution in [0.5, 0.6) is 5.75 Å². The van der Waals surface area contributed by atoms with Gasteiger partial charge in [-0.2, -0.15) is 0 Å². The van der Waals surface area contributed by atoms with Crippen molar-refractivity contribution in [2.45, 2.75) is 18.9 Å². The Bertz CT molecular complexity index is 330. The van der Waals surface area contributed by atoms with Crippen molar-refractivity contribution >= 4 is 0 Å². The summed E-state index contributed by atoms with van der Waals surface area (Å²) < 4.78 is 41.9. The Hall–Kier alpha value is -1.23. The zero-order valence-corrected chi connectivity index (χ0v) is 8.21. The van der Waals surface area contributed by atoms with Gasteiger partial charge in [0.2, 0.25) is 6.43 Å². The fourth-order valence-corrected chi connectivity index (χ4v) is 1.24. The van der Waals surface area contributed by atoms with Crippen molar-refractivity contribution < 1.29 is 17.9 Å². The van der Waals surface area contributed by atoms with Crippen LogP contribution in [0.3, 0.4) is 0 Å². The molecule has 0 saturated heterocycles. The molecule has 1 aromatic carbocycles. The Morgan fingerprint density at radius 2 is 2.07 bits per heavy atom. The highest BCUT2D eigenvalue weighted by molar-refractivity contribution is 5.30. The molecule has 15 heavy (non-hydrogen) atoms. The second-order valence-electron chi connectivity index (χ2n) is 3.13. The number of rotatable bonds is 4. The van der Waals surface area contributed by atoms with E-state index in [9.17, 15) is 13.2 Å². The van der Waals surface area contributed by atoms with Gasteiger partial charge in [-0.3, -0.25) is 0 Å². The molecular weight excluding hydrogens is 207 g/mol. The fourth-order valence-electron chi connectivity index (χ4n) is 1.24. The maximum Gasteiger partial charge on any atom is 0.240 e. The molecule has 0 aliphatic heterocycles. The van der Waals surface area contributed by atoms with Crippen molar-refractivity contribution in [1.82, 2.24) is 0 Å². The van der Waals surface area contributed by atoms with Crippen LogP contribution in [0.15, 0.2) is 18.2 Å². The minimum atomic E-state index is -2.50. The maximum atomic E-state index is 13.2. The SMILES string of the molecule is COc1ccc([C@@H](N)CC(F)F)cc1F. The van der Waals surface area contributed by atoms with Crippen LogP contribution >= 0.6 is 0 Å². The third-order valence-electron chi connectivity index (χ3n) is 2.04. The Kier molecular flexibility index (Phi) is 3.96. The number of ether oxygens (including phenoxy) is 1. The van der Waals surface area contributed by atoms with Crippen LogP contribution in [0.1, 0.15) is 18.0 Å². The molecule has 1 aromatic rings. The van der Waals surface area contributed by atoms with E-state index in [0.717, 1.165) is 6.07 Å². The maximum absolute atomic E-state index is 13.2. The van der Waals surface area contributed by atoms with Gasteiger partial charge in [0.1, 0.15) is 0 Å². The van der Waals surface area contributed by atoms with Crippen LogP contribution in [-0.2, 0) is 0 Å². The first kappa shape index (κ1) is 11.8. The van der Waals surface area contributed by atoms with Gasteiger partial charge >= 0.3 is 0 Å². The van der Waals surface area contributed by atoms with Gasteiger partial charge in [-0.15, -0.1) is 0 Å². The van der Waals surface area contributed by atoms with Crippen molar-refractivity contribution in [3.63, 3.8) is 0 Å². The van der Waals surface area contributed by atoms with E-state index < -0.39 is 24.7 Å². The lowest BCUT2D eigenvalue weighted by atomic mass is 10.0. The van der Waals surface area contributed by atoms with Gasteiger partial charge < -0.3 is 10.5 Å². The lowest BCUT2D eigenvalue weighted by molar-refractivity contribution is 0.128. The Labute approximate surface area is 85.8 Å². The molecule has 84 valence electrons. The van der Waals surface area contributed by atoms with Crippen LogP contribution < -0.4 is 10.5 Å². The summed E-state index contributed by atoms with van der Waals surface area (Å²) in [7, 11) is 1.33. The molecule has 0 saturated carbocycles. The molecule has 5 heteroatoms. The lowest BCUT2D eigenvalue weighted by Gasteiger charge is -2.12. The molecule has 0 unspecified atom stereocenters. The van der Waals surface area contributed by atoms with Crippen LogP contribution in [0.25, 0.3) is 0 Å². The predicted octanol–water partition coefficient (Wildman–Crippen LogP) is 2.49. The molecule has 0 bridgehead atoms. The van der Waals surface area contributed by atoms with Gasteiger partial charge in [0.05, 0.1) is 7.11 Å². The van der Waals surface area contributed by atoms with Crippen molar-refractivity contribution in [2.24, 2.45) is 5.73 Å². The monoisotopic (exact) mass is 219 g/mol. The summed E-state index contributed by atoms with van der Waals surface area (Å²) in [6.45, 7) is 0. The second-order valence-corrected chi connectivity index (χ2v) is 3.13. The number of methoxy groups -OCH3 is 1. The summed E-state index contributed by atoms with van der Waals surface area (Å²) >= 11 is 0. The number of alkyl halides is 2. The summed E-state index contributed by atoms with van der Waals surface area (Å²) in [6.07, 6.45) is -2.98. The second kappa shape index (κ2) is 5.02. The van der Waals surface area contributed by atoms with Crippen molar-refractivity contribution in [3.8, 4) is 5.75 Å². The smallest absolute Gasteiger partial charge is 0.240 e. The third kappa shape index (κ3) is 3.13. The molecule has 1 atom stereocenters. The number of halogens is 3. The number of hydrogen-bond acceptors (Lipinski definition) is 2. The predicted molar refractivity (Wildman–Crippen MR) is 50.5 cm³/mol. The molecule has 0 aliphatic carbocycles. The van der Waals surface area contributed by atoms with Gasteiger partial charge in [-0.05, 0) is 17.7 Å². The van der Waals surface area contributed by atoms with Gasteiger partial charge in [-0.1, -0.05) is 6.07 Å². The number of hydrogen-bond donors (Lipinski definition) is 1. The van der Waals surface area contributed by atoms with E-state index in [4.69, 9.17) is 10.5 Å². The van der Waals surface area contributed by atoms with E-state index in [1.54, 1.807) is 0 Å². The number of benzene rings is 1. The summed E-state index contributed by atoms with van der Waals surface area (Å²) in [4.78, 5) is 0. The van der Waals surface area contributed by atoms with Gasteiger partial charge in [0.25, 0.3) is 0 Å². The van der Waals surface area contributed by atoms with Crippen molar-refractivity contribution in [3.05, 3.63) is 29.6 Å². The molecule has 0 aromatic heterocycles. The Balaban J connectivity index is 2.82. The largest absolute Gasteiger partial charge is 0.494 e. The zero-order chi connectivity index (χ0) is 11.4. The molecule has 2 nitrogen and oxygen atoms in total. The molecule has 0 spiro atoms. The first-order chi connectivity index (χ1) is 7.04. The molecule has 0 fully saturated rings. The topological polar surface area (TPSA) is 35.2 Å². The van der Waals surface area contributed by atoms with Crippen LogP contribution in [-0.4, -0.2) is 13.5 Å². The van der Waals surface area contributed by atoms with E-state index in [2.05, 4.69) is 0 Å². The number of nitrogens with two attached hydrogens (primary N) is 1. The summed E-state index contributed by atoms with van der Waals surface area (Å²) in [5.74, 6) is -0.525. The molecule has 1 rings (SSSR count). The third-order valence-corrected chi connectivity index (χ3v) is 2.04. The van der Waals surface area contributed by atoms with Crippen molar-refractivity contribution in [2.75, 3.05) is 7.11 Å². The van der Waals surface area contributed by atoms with E-state index >= 15 is 0 Å². The molecular formula is C10H12F3NO.